The molecule has 10 nitrogen and oxygen atoms in total. The number of hydrogen-bond acceptors (Lipinski definition) is 7. The molecule has 0 spiro atoms. The molecule has 3 atom stereocenters. The van der Waals surface area contributed by atoms with Gasteiger partial charge in [0.05, 0.1) is 11.7 Å². The number of amides is 3. The molecule has 3 amide bonds. The van der Waals surface area contributed by atoms with Crippen LogP contribution in [0.1, 0.15) is 49.0 Å². The number of rotatable bonds is 5. The van der Waals surface area contributed by atoms with Crippen LogP contribution < -0.4 is 15.4 Å². The molecule has 2 heterocycles. The largest absolute Gasteiger partial charge is 0.491 e. The van der Waals surface area contributed by atoms with E-state index < -0.39 is 6.03 Å². The highest BCUT2D eigenvalue weighted by molar-refractivity contribution is 6.02. The molecule has 3 rings (SSSR count). The summed E-state index contributed by atoms with van der Waals surface area (Å²) in [6, 6.07) is 4.75. The number of hydrogen-bond donors (Lipinski definition) is 2. The van der Waals surface area contributed by atoms with Gasteiger partial charge >= 0.3 is 6.03 Å². The number of aromatic nitrogens is 1. The van der Waals surface area contributed by atoms with E-state index in [9.17, 15) is 9.59 Å². The molecule has 2 aromatic rings. The lowest BCUT2D eigenvalue weighted by Gasteiger charge is -2.35. The highest BCUT2D eigenvalue weighted by Gasteiger charge is 2.28. The zero-order valence-corrected chi connectivity index (χ0v) is 22.4. The number of fused-ring (bicyclic) bond motifs is 1. The maximum Gasteiger partial charge on any atom is 0.323 e. The van der Waals surface area contributed by atoms with E-state index in [0.29, 0.717) is 47.3 Å². The third-order valence-corrected chi connectivity index (χ3v) is 6.62. The normalized spacial score (nSPS) is 21.7. The fourth-order valence-electron chi connectivity index (χ4n) is 4.46. The van der Waals surface area contributed by atoms with Crippen molar-refractivity contribution in [3.63, 3.8) is 0 Å². The van der Waals surface area contributed by atoms with Gasteiger partial charge in [-0.25, -0.2) is 4.79 Å². The Morgan fingerprint density at radius 2 is 1.97 bits per heavy atom. The summed E-state index contributed by atoms with van der Waals surface area (Å²) in [5.74, 6) is 1.02. The van der Waals surface area contributed by atoms with E-state index in [1.165, 1.54) is 0 Å². The first-order chi connectivity index (χ1) is 17.1. The summed E-state index contributed by atoms with van der Waals surface area (Å²) in [5.41, 5.74) is 2.05. The summed E-state index contributed by atoms with van der Waals surface area (Å²) < 4.78 is 17.1. The van der Waals surface area contributed by atoms with Gasteiger partial charge in [0.2, 0.25) is 0 Å². The Morgan fingerprint density at radius 3 is 2.61 bits per heavy atom. The van der Waals surface area contributed by atoms with Gasteiger partial charge < -0.3 is 29.5 Å². The SMILES string of the molecule is CCCN1C[C@H](C)[C@H](OC)CN(C)C(=O)c2ccc(NC(=O)Nc3c(C)noc3C)cc2OC[C@H]1C. The Kier molecular flexibility index (Phi) is 9.33. The lowest BCUT2D eigenvalue weighted by molar-refractivity contribution is 0.0108. The third kappa shape index (κ3) is 6.55. The minimum absolute atomic E-state index is 0.0942. The molecule has 198 valence electrons. The fraction of sp³-hybridized carbons (Fsp3) is 0.577. The van der Waals surface area contributed by atoms with E-state index in [1.54, 1.807) is 51.1 Å². The van der Waals surface area contributed by atoms with Crippen molar-refractivity contribution >= 4 is 23.3 Å². The number of nitrogens with zero attached hydrogens (tertiary/aromatic N) is 3. The van der Waals surface area contributed by atoms with Crippen molar-refractivity contribution in [1.82, 2.24) is 15.0 Å². The third-order valence-electron chi connectivity index (χ3n) is 6.62. The molecule has 1 aromatic carbocycles. The van der Waals surface area contributed by atoms with Crippen LogP contribution in [0.5, 0.6) is 5.75 Å². The van der Waals surface area contributed by atoms with Crippen molar-refractivity contribution in [2.75, 3.05) is 51.0 Å². The molecule has 36 heavy (non-hydrogen) atoms. The van der Waals surface area contributed by atoms with Gasteiger partial charge in [0, 0.05) is 45.0 Å². The Labute approximate surface area is 213 Å². The minimum atomic E-state index is -0.444. The van der Waals surface area contributed by atoms with E-state index >= 15 is 0 Å². The van der Waals surface area contributed by atoms with Crippen molar-refractivity contribution in [1.29, 1.82) is 0 Å². The van der Waals surface area contributed by atoms with Crippen LogP contribution in [0.4, 0.5) is 16.2 Å². The van der Waals surface area contributed by atoms with Gasteiger partial charge in [-0.2, -0.15) is 0 Å². The standard InChI is InChI=1S/C26H39N5O5/c1-8-11-31-13-16(2)23(34-7)14-30(6)25(32)21-10-9-20(12-22(21)35-15-17(31)3)27-26(33)28-24-18(4)29-36-19(24)5/h9-10,12,16-17,23H,8,11,13-15H2,1-7H3,(H2,27,28,33)/t16-,17+,23+/m0/s1. The van der Waals surface area contributed by atoms with Crippen LogP contribution in [-0.2, 0) is 4.74 Å². The first-order valence-corrected chi connectivity index (χ1v) is 12.4. The number of likely N-dealkylation sites (N-methyl/N-ethyl adjacent to an activating group) is 1. The molecule has 1 aromatic heterocycles. The number of nitrogens with one attached hydrogen (secondary N) is 2. The van der Waals surface area contributed by atoms with Crippen LogP contribution in [0.3, 0.4) is 0 Å². The maximum atomic E-state index is 13.4. The molecule has 0 bridgehead atoms. The first kappa shape index (κ1) is 27.5. The number of anilines is 2. The van der Waals surface area contributed by atoms with Crippen molar-refractivity contribution in [3.8, 4) is 5.75 Å². The zero-order valence-electron chi connectivity index (χ0n) is 22.4. The predicted octanol–water partition coefficient (Wildman–Crippen LogP) is 4.15. The van der Waals surface area contributed by atoms with Crippen molar-refractivity contribution in [2.45, 2.75) is 53.2 Å². The van der Waals surface area contributed by atoms with Crippen molar-refractivity contribution < 1.29 is 23.6 Å². The Bertz CT molecular complexity index is 1040. The summed E-state index contributed by atoms with van der Waals surface area (Å²) in [4.78, 5) is 30.0. The Morgan fingerprint density at radius 1 is 1.22 bits per heavy atom. The van der Waals surface area contributed by atoms with Crippen molar-refractivity contribution in [2.24, 2.45) is 5.92 Å². The van der Waals surface area contributed by atoms with E-state index in [2.05, 4.69) is 41.5 Å². The lowest BCUT2D eigenvalue weighted by atomic mass is 10.0. The van der Waals surface area contributed by atoms with Gasteiger partial charge in [0.25, 0.3) is 5.91 Å². The van der Waals surface area contributed by atoms with Crippen LogP contribution in [0.15, 0.2) is 22.7 Å². The zero-order chi connectivity index (χ0) is 26.4. The second kappa shape index (κ2) is 12.2. The minimum Gasteiger partial charge on any atom is -0.491 e. The van der Waals surface area contributed by atoms with Gasteiger partial charge in [-0.1, -0.05) is 19.0 Å². The summed E-state index contributed by atoms with van der Waals surface area (Å²) in [6.07, 6.45) is 0.932. The number of aryl methyl sites for hydroxylation is 2. The fourth-order valence-corrected chi connectivity index (χ4v) is 4.46. The molecule has 1 aliphatic rings. The van der Waals surface area contributed by atoms with E-state index in [1.807, 2.05) is 0 Å². The van der Waals surface area contributed by atoms with E-state index in [0.717, 1.165) is 19.5 Å². The number of benzene rings is 1. The Balaban J connectivity index is 1.87. The van der Waals surface area contributed by atoms with Crippen molar-refractivity contribution in [3.05, 3.63) is 35.2 Å². The van der Waals surface area contributed by atoms with E-state index in [-0.39, 0.29) is 24.0 Å². The topological polar surface area (TPSA) is 109 Å². The summed E-state index contributed by atoms with van der Waals surface area (Å²) in [5, 5.41) is 9.41. The van der Waals surface area contributed by atoms with Crippen LogP contribution in [0.25, 0.3) is 0 Å². The van der Waals surface area contributed by atoms with Crippen LogP contribution >= 0.6 is 0 Å². The highest BCUT2D eigenvalue weighted by atomic mass is 16.5. The summed E-state index contributed by atoms with van der Waals surface area (Å²) in [7, 11) is 3.47. The van der Waals surface area contributed by atoms with E-state index in [4.69, 9.17) is 14.0 Å². The number of carbonyl (C=O) groups excluding carboxylic acids is 2. The number of carbonyl (C=O) groups is 2. The average Bonchev–Trinajstić information content (AvgIpc) is 3.16. The van der Waals surface area contributed by atoms with Gasteiger partial charge in [-0.05, 0) is 51.8 Å². The van der Waals surface area contributed by atoms with Gasteiger partial charge in [-0.3, -0.25) is 9.69 Å². The van der Waals surface area contributed by atoms with Gasteiger partial charge in [0.1, 0.15) is 23.7 Å². The molecule has 0 fully saturated rings. The molecule has 1 aliphatic heterocycles. The molecular weight excluding hydrogens is 462 g/mol. The average molecular weight is 502 g/mol. The monoisotopic (exact) mass is 501 g/mol. The quantitative estimate of drug-likeness (QED) is 0.633. The molecule has 0 saturated heterocycles. The molecule has 2 N–H and O–H groups in total. The molecule has 0 radical (unpaired) electrons. The second-order valence-corrected chi connectivity index (χ2v) is 9.58. The molecule has 0 unspecified atom stereocenters. The van der Waals surface area contributed by atoms with Crippen LogP contribution in [-0.4, -0.2) is 79.4 Å². The van der Waals surface area contributed by atoms with Crippen LogP contribution in [0.2, 0.25) is 0 Å². The number of ether oxygens (including phenoxy) is 2. The second-order valence-electron chi connectivity index (χ2n) is 9.58. The number of urea groups is 1. The summed E-state index contributed by atoms with van der Waals surface area (Å²) in [6.45, 7) is 12.6. The maximum absolute atomic E-state index is 13.4. The Hall–Kier alpha value is -3.11. The highest BCUT2D eigenvalue weighted by Crippen LogP contribution is 2.27. The van der Waals surface area contributed by atoms with Crippen LogP contribution in [0, 0.1) is 19.8 Å². The number of methoxy groups -OCH3 is 1. The smallest absolute Gasteiger partial charge is 0.323 e. The molecule has 10 heteroatoms. The predicted molar refractivity (Wildman–Crippen MR) is 139 cm³/mol. The first-order valence-electron chi connectivity index (χ1n) is 12.4. The van der Waals surface area contributed by atoms with Gasteiger partial charge in [0.15, 0.2) is 5.76 Å². The lowest BCUT2D eigenvalue weighted by Crippen LogP contribution is -2.46. The molecule has 0 aliphatic carbocycles. The molecule has 0 saturated carbocycles. The summed E-state index contributed by atoms with van der Waals surface area (Å²) >= 11 is 0. The molecular formula is C26H39N5O5. The van der Waals surface area contributed by atoms with Gasteiger partial charge in [-0.15, -0.1) is 0 Å².